The highest BCUT2D eigenvalue weighted by Gasteiger charge is 2.44. The van der Waals surface area contributed by atoms with Crippen molar-refractivity contribution in [3.05, 3.63) is 42.0 Å². The summed E-state index contributed by atoms with van der Waals surface area (Å²) < 4.78 is 16.6. The van der Waals surface area contributed by atoms with Crippen LogP contribution >= 0.6 is 0 Å². The second-order valence-electron chi connectivity index (χ2n) is 4.00. The van der Waals surface area contributed by atoms with Gasteiger partial charge in [-0.1, -0.05) is 49.4 Å². The minimum atomic E-state index is -2.59. The lowest BCUT2D eigenvalue weighted by Gasteiger charge is -2.30. The zero-order valence-electron chi connectivity index (χ0n) is 11.6. The molecular formula is C14H22O3Si. The van der Waals surface area contributed by atoms with Gasteiger partial charge in [-0.25, -0.2) is 0 Å². The van der Waals surface area contributed by atoms with E-state index in [0.717, 1.165) is 6.42 Å². The second-order valence-corrected chi connectivity index (χ2v) is 7.17. The molecule has 1 aromatic rings. The van der Waals surface area contributed by atoms with Gasteiger partial charge in [-0.05, 0) is 12.0 Å². The summed E-state index contributed by atoms with van der Waals surface area (Å²) in [5.74, 6) is 0. The molecule has 0 aliphatic heterocycles. The molecule has 0 heterocycles. The quantitative estimate of drug-likeness (QED) is 0.708. The fraction of sp³-hybridized carbons (Fsp3) is 0.429. The molecule has 3 nitrogen and oxygen atoms in total. The van der Waals surface area contributed by atoms with Gasteiger partial charge in [0, 0.05) is 26.9 Å². The van der Waals surface area contributed by atoms with Crippen molar-refractivity contribution in [2.45, 2.75) is 18.9 Å². The van der Waals surface area contributed by atoms with Crippen molar-refractivity contribution < 1.29 is 13.3 Å². The van der Waals surface area contributed by atoms with Crippen LogP contribution in [0.5, 0.6) is 0 Å². The average molecular weight is 266 g/mol. The number of hydrogen-bond donors (Lipinski definition) is 0. The summed E-state index contributed by atoms with van der Waals surface area (Å²) in [6.45, 7) is 2.11. The molecule has 1 aromatic carbocycles. The third-order valence-electron chi connectivity index (χ3n) is 3.07. The van der Waals surface area contributed by atoms with E-state index < -0.39 is 8.80 Å². The van der Waals surface area contributed by atoms with Gasteiger partial charge in [0.15, 0.2) is 0 Å². The van der Waals surface area contributed by atoms with Gasteiger partial charge >= 0.3 is 8.80 Å². The van der Waals surface area contributed by atoms with E-state index in [9.17, 15) is 0 Å². The molecule has 0 fully saturated rings. The number of benzene rings is 1. The van der Waals surface area contributed by atoms with E-state index in [1.165, 1.54) is 5.56 Å². The fourth-order valence-corrected chi connectivity index (χ4v) is 4.24. The minimum Gasteiger partial charge on any atom is -0.376 e. The SMILES string of the molecule is CCC(C=Cc1ccccc1)[Si](OC)(OC)OC. The van der Waals surface area contributed by atoms with Crippen LogP contribution in [0.1, 0.15) is 18.9 Å². The normalized spacial score (nSPS) is 14.0. The molecule has 0 bridgehead atoms. The van der Waals surface area contributed by atoms with Crippen molar-refractivity contribution >= 4 is 14.9 Å². The lowest BCUT2D eigenvalue weighted by molar-refractivity contribution is 0.116. The van der Waals surface area contributed by atoms with Crippen LogP contribution in [-0.2, 0) is 13.3 Å². The van der Waals surface area contributed by atoms with E-state index in [0.29, 0.717) is 0 Å². The zero-order chi connectivity index (χ0) is 13.4. The number of rotatable bonds is 7. The van der Waals surface area contributed by atoms with Gasteiger partial charge in [-0.3, -0.25) is 0 Å². The van der Waals surface area contributed by atoms with E-state index in [-0.39, 0.29) is 5.54 Å². The van der Waals surface area contributed by atoms with E-state index in [2.05, 4.69) is 31.2 Å². The number of allylic oxidation sites excluding steroid dienone is 1. The molecule has 18 heavy (non-hydrogen) atoms. The predicted molar refractivity (Wildman–Crippen MR) is 76.3 cm³/mol. The molecule has 0 saturated heterocycles. The summed E-state index contributed by atoms with van der Waals surface area (Å²) in [6, 6.07) is 10.2. The summed E-state index contributed by atoms with van der Waals surface area (Å²) in [4.78, 5) is 0. The third-order valence-corrected chi connectivity index (χ3v) is 6.28. The molecule has 0 saturated carbocycles. The first-order valence-corrected chi connectivity index (χ1v) is 7.91. The Kier molecular flexibility index (Phi) is 6.28. The van der Waals surface area contributed by atoms with Crippen molar-refractivity contribution in [1.29, 1.82) is 0 Å². The highest BCUT2D eigenvalue weighted by molar-refractivity contribution is 6.62. The molecule has 1 unspecified atom stereocenters. The molecule has 4 heteroatoms. The molecule has 0 amide bonds. The summed E-state index contributed by atoms with van der Waals surface area (Å²) in [7, 11) is 2.37. The van der Waals surface area contributed by atoms with Gasteiger partial charge in [0.05, 0.1) is 0 Å². The van der Waals surface area contributed by atoms with Crippen LogP contribution in [0.4, 0.5) is 0 Å². The van der Waals surface area contributed by atoms with Gasteiger partial charge < -0.3 is 13.3 Å². The van der Waals surface area contributed by atoms with Crippen LogP contribution < -0.4 is 0 Å². The molecule has 0 aliphatic rings. The molecule has 0 spiro atoms. The van der Waals surface area contributed by atoms with Crippen LogP contribution in [0.2, 0.25) is 5.54 Å². The molecule has 100 valence electrons. The van der Waals surface area contributed by atoms with Gasteiger partial charge in [-0.15, -0.1) is 0 Å². The van der Waals surface area contributed by atoms with E-state index >= 15 is 0 Å². The van der Waals surface area contributed by atoms with Gasteiger partial charge in [0.25, 0.3) is 0 Å². The Balaban J connectivity index is 2.87. The third kappa shape index (κ3) is 3.52. The van der Waals surface area contributed by atoms with Crippen LogP contribution in [0.25, 0.3) is 6.08 Å². The largest absolute Gasteiger partial charge is 0.507 e. The molecular weight excluding hydrogens is 244 g/mol. The van der Waals surface area contributed by atoms with Crippen LogP contribution in [-0.4, -0.2) is 30.1 Å². The lowest BCUT2D eigenvalue weighted by atomic mass is 10.2. The van der Waals surface area contributed by atoms with Crippen molar-refractivity contribution in [1.82, 2.24) is 0 Å². The van der Waals surface area contributed by atoms with Crippen molar-refractivity contribution in [2.75, 3.05) is 21.3 Å². The average Bonchev–Trinajstić information content (AvgIpc) is 2.45. The van der Waals surface area contributed by atoms with Crippen LogP contribution in [0.3, 0.4) is 0 Å². The first kappa shape index (κ1) is 15.1. The maximum absolute atomic E-state index is 5.52. The van der Waals surface area contributed by atoms with Crippen LogP contribution in [0, 0.1) is 0 Å². The molecule has 0 aliphatic carbocycles. The van der Waals surface area contributed by atoms with E-state index in [4.69, 9.17) is 13.3 Å². The summed E-state index contributed by atoms with van der Waals surface area (Å²) >= 11 is 0. The molecule has 0 radical (unpaired) electrons. The topological polar surface area (TPSA) is 27.7 Å². The lowest BCUT2D eigenvalue weighted by Crippen LogP contribution is -2.46. The van der Waals surface area contributed by atoms with Gasteiger partial charge in [0.1, 0.15) is 0 Å². The molecule has 0 aromatic heterocycles. The first-order valence-electron chi connectivity index (χ1n) is 6.11. The highest BCUT2D eigenvalue weighted by atomic mass is 28.4. The van der Waals surface area contributed by atoms with Crippen LogP contribution in [0.15, 0.2) is 36.4 Å². The molecule has 1 atom stereocenters. The smallest absolute Gasteiger partial charge is 0.376 e. The summed E-state index contributed by atoms with van der Waals surface area (Å²) in [6.07, 6.45) is 5.14. The van der Waals surface area contributed by atoms with Crippen molar-refractivity contribution in [3.8, 4) is 0 Å². The Bertz CT molecular complexity index is 352. The van der Waals surface area contributed by atoms with E-state index in [1.807, 2.05) is 18.2 Å². The Morgan fingerprint density at radius 1 is 1.06 bits per heavy atom. The Labute approximate surface area is 111 Å². The Morgan fingerprint density at radius 3 is 2.06 bits per heavy atom. The maximum Gasteiger partial charge on any atom is 0.507 e. The van der Waals surface area contributed by atoms with Gasteiger partial charge in [-0.2, -0.15) is 0 Å². The maximum atomic E-state index is 5.52. The van der Waals surface area contributed by atoms with Crippen molar-refractivity contribution in [3.63, 3.8) is 0 Å². The second kappa shape index (κ2) is 7.48. The monoisotopic (exact) mass is 266 g/mol. The molecule has 1 rings (SSSR count). The standard InChI is InChI=1S/C14H22O3Si/c1-5-14(18(15-2,16-3)17-4)12-11-13-9-7-6-8-10-13/h6-12,14H,5H2,1-4H3. The highest BCUT2D eigenvalue weighted by Crippen LogP contribution is 2.29. The minimum absolute atomic E-state index is 0.165. The first-order chi connectivity index (χ1) is 8.72. The van der Waals surface area contributed by atoms with E-state index in [1.54, 1.807) is 21.3 Å². The molecule has 0 N–H and O–H groups in total. The summed E-state index contributed by atoms with van der Waals surface area (Å²) in [5, 5.41) is 0. The Hall–Kier alpha value is -0.943. The van der Waals surface area contributed by atoms with Crippen molar-refractivity contribution in [2.24, 2.45) is 0 Å². The number of hydrogen-bond acceptors (Lipinski definition) is 3. The Morgan fingerprint density at radius 2 is 1.61 bits per heavy atom. The zero-order valence-corrected chi connectivity index (χ0v) is 12.6. The predicted octanol–water partition coefficient (Wildman–Crippen LogP) is 3.36. The fourth-order valence-electron chi connectivity index (χ4n) is 2.00. The van der Waals surface area contributed by atoms with Gasteiger partial charge in [0.2, 0.25) is 0 Å². The summed E-state index contributed by atoms with van der Waals surface area (Å²) in [5.41, 5.74) is 1.33.